The fraction of sp³-hybridized carbons (Fsp3) is 0.571. The molecule has 2 aromatic rings. The summed E-state index contributed by atoms with van der Waals surface area (Å²) in [5.74, 6) is 0.787. The molecular formula is C28H40N2O. The molecule has 3 nitrogen and oxygen atoms in total. The minimum Gasteiger partial charge on any atom is -0.388 e. The number of piperidine rings is 1. The predicted octanol–water partition coefficient (Wildman–Crippen LogP) is 5.22. The lowest BCUT2D eigenvalue weighted by Crippen LogP contribution is -2.34. The van der Waals surface area contributed by atoms with Crippen molar-refractivity contribution < 1.29 is 5.11 Å². The minimum atomic E-state index is -0.317. The van der Waals surface area contributed by atoms with Gasteiger partial charge in [-0.25, -0.2) is 0 Å². The van der Waals surface area contributed by atoms with Crippen LogP contribution in [0.5, 0.6) is 0 Å². The van der Waals surface area contributed by atoms with Crippen molar-refractivity contribution in [2.45, 2.75) is 64.5 Å². The van der Waals surface area contributed by atoms with Gasteiger partial charge in [-0.1, -0.05) is 55.5 Å². The number of rotatable bonds is 8. The molecule has 4 rings (SSSR count). The number of nitrogens with zero attached hydrogens (tertiary/aromatic N) is 2. The van der Waals surface area contributed by atoms with Crippen LogP contribution in [0.25, 0.3) is 0 Å². The van der Waals surface area contributed by atoms with E-state index in [2.05, 4.69) is 65.3 Å². The topological polar surface area (TPSA) is 26.7 Å². The highest BCUT2D eigenvalue weighted by atomic mass is 16.3. The number of hydrogen-bond acceptors (Lipinski definition) is 3. The molecule has 0 bridgehead atoms. The van der Waals surface area contributed by atoms with E-state index in [1.54, 1.807) is 0 Å². The second-order valence-corrected chi connectivity index (χ2v) is 9.67. The summed E-state index contributed by atoms with van der Waals surface area (Å²) >= 11 is 0. The molecule has 1 saturated heterocycles. The SMILES string of the molecule is CCCN1CCC(CCC(O)c2ccc3c(c2)CCN(Cc2ccccc2)CC3)CC1. The Morgan fingerprint density at radius 2 is 1.65 bits per heavy atom. The van der Waals surface area contributed by atoms with Crippen LogP contribution < -0.4 is 0 Å². The fourth-order valence-corrected chi connectivity index (χ4v) is 5.37. The van der Waals surface area contributed by atoms with Crippen molar-refractivity contribution in [1.29, 1.82) is 0 Å². The highest BCUT2D eigenvalue weighted by Gasteiger charge is 2.21. The lowest BCUT2D eigenvalue weighted by molar-refractivity contribution is 0.134. The molecule has 1 unspecified atom stereocenters. The third-order valence-corrected chi connectivity index (χ3v) is 7.35. The van der Waals surface area contributed by atoms with Crippen LogP contribution in [0.15, 0.2) is 48.5 Å². The quantitative estimate of drug-likeness (QED) is 0.634. The molecule has 0 aromatic heterocycles. The molecule has 2 aromatic carbocycles. The van der Waals surface area contributed by atoms with Crippen molar-refractivity contribution in [2.24, 2.45) is 5.92 Å². The predicted molar refractivity (Wildman–Crippen MR) is 129 cm³/mol. The van der Waals surface area contributed by atoms with Gasteiger partial charge in [0, 0.05) is 19.6 Å². The van der Waals surface area contributed by atoms with Crippen LogP contribution >= 0.6 is 0 Å². The van der Waals surface area contributed by atoms with Crippen molar-refractivity contribution in [3.63, 3.8) is 0 Å². The average Bonchev–Trinajstić information content (AvgIpc) is 3.01. The lowest BCUT2D eigenvalue weighted by atomic mass is 9.89. The number of fused-ring (bicyclic) bond motifs is 1. The van der Waals surface area contributed by atoms with E-state index < -0.39 is 0 Å². The van der Waals surface area contributed by atoms with Crippen molar-refractivity contribution in [3.8, 4) is 0 Å². The van der Waals surface area contributed by atoms with Gasteiger partial charge in [0.05, 0.1) is 6.10 Å². The van der Waals surface area contributed by atoms with Gasteiger partial charge in [0.15, 0.2) is 0 Å². The summed E-state index contributed by atoms with van der Waals surface area (Å²) in [6, 6.07) is 17.6. The molecule has 2 aliphatic heterocycles. The molecule has 0 saturated carbocycles. The van der Waals surface area contributed by atoms with Crippen LogP contribution in [0.1, 0.15) is 67.4 Å². The Hall–Kier alpha value is -1.68. The normalized spacial score (nSPS) is 19.7. The summed E-state index contributed by atoms with van der Waals surface area (Å²) in [4.78, 5) is 5.16. The maximum Gasteiger partial charge on any atom is 0.0790 e. The lowest BCUT2D eigenvalue weighted by Gasteiger charge is -2.32. The molecule has 1 N–H and O–H groups in total. The largest absolute Gasteiger partial charge is 0.388 e. The van der Waals surface area contributed by atoms with Crippen LogP contribution in [0.4, 0.5) is 0 Å². The van der Waals surface area contributed by atoms with E-state index in [-0.39, 0.29) is 6.10 Å². The standard InChI is InChI=1S/C28H40N2O/c1-2-16-29-17-12-23(13-18-29)8-11-28(31)27-10-9-25-14-19-30(20-15-26(25)21-27)22-24-6-4-3-5-7-24/h3-7,9-10,21,23,28,31H,2,8,11-20,22H2,1H3. The van der Waals surface area contributed by atoms with Crippen LogP contribution in [-0.2, 0) is 19.4 Å². The van der Waals surface area contributed by atoms with E-state index in [1.807, 2.05) is 0 Å². The Labute approximate surface area is 189 Å². The molecule has 2 aliphatic rings. The van der Waals surface area contributed by atoms with Gasteiger partial charge >= 0.3 is 0 Å². The zero-order valence-corrected chi connectivity index (χ0v) is 19.3. The van der Waals surface area contributed by atoms with E-state index in [9.17, 15) is 5.11 Å². The average molecular weight is 421 g/mol. The van der Waals surface area contributed by atoms with Crippen molar-refractivity contribution in [1.82, 2.24) is 9.80 Å². The first-order valence-electron chi connectivity index (χ1n) is 12.5. The van der Waals surface area contributed by atoms with Gasteiger partial charge < -0.3 is 10.0 Å². The van der Waals surface area contributed by atoms with E-state index in [4.69, 9.17) is 0 Å². The minimum absolute atomic E-state index is 0.317. The number of aliphatic hydroxyl groups is 1. The monoisotopic (exact) mass is 420 g/mol. The Kier molecular flexibility index (Phi) is 8.18. The molecule has 1 fully saturated rings. The maximum absolute atomic E-state index is 10.9. The summed E-state index contributed by atoms with van der Waals surface area (Å²) < 4.78 is 0. The molecular weight excluding hydrogens is 380 g/mol. The number of aliphatic hydroxyl groups excluding tert-OH is 1. The fourth-order valence-electron chi connectivity index (χ4n) is 5.37. The Balaban J connectivity index is 1.28. The summed E-state index contributed by atoms with van der Waals surface area (Å²) in [5, 5.41) is 10.9. The first-order valence-corrected chi connectivity index (χ1v) is 12.5. The first kappa shape index (κ1) is 22.5. The van der Waals surface area contributed by atoms with E-state index in [1.165, 1.54) is 55.6 Å². The third kappa shape index (κ3) is 6.41. The van der Waals surface area contributed by atoms with Gasteiger partial charge in [0.2, 0.25) is 0 Å². The van der Waals surface area contributed by atoms with Crippen LogP contribution in [-0.4, -0.2) is 47.6 Å². The number of hydrogen-bond donors (Lipinski definition) is 1. The molecule has 3 heteroatoms. The van der Waals surface area contributed by atoms with Crippen LogP contribution in [0.3, 0.4) is 0 Å². The second kappa shape index (κ2) is 11.3. The zero-order valence-electron chi connectivity index (χ0n) is 19.3. The van der Waals surface area contributed by atoms with Crippen LogP contribution in [0.2, 0.25) is 0 Å². The van der Waals surface area contributed by atoms with Crippen molar-refractivity contribution in [2.75, 3.05) is 32.7 Å². The first-order chi connectivity index (χ1) is 15.2. The Bertz CT molecular complexity index is 798. The summed E-state index contributed by atoms with van der Waals surface area (Å²) in [5.41, 5.74) is 5.43. The summed E-state index contributed by atoms with van der Waals surface area (Å²) in [6.45, 7) is 9.23. The summed E-state index contributed by atoms with van der Waals surface area (Å²) in [6.07, 6.45) is 7.78. The van der Waals surface area contributed by atoms with Gasteiger partial charge in [-0.05, 0) is 92.8 Å². The highest BCUT2D eigenvalue weighted by molar-refractivity contribution is 5.34. The Morgan fingerprint density at radius 1 is 0.903 bits per heavy atom. The molecule has 0 radical (unpaired) electrons. The molecule has 2 heterocycles. The second-order valence-electron chi connectivity index (χ2n) is 9.67. The van der Waals surface area contributed by atoms with Crippen LogP contribution in [0, 0.1) is 5.92 Å². The van der Waals surface area contributed by atoms with Gasteiger partial charge in [0.1, 0.15) is 0 Å². The van der Waals surface area contributed by atoms with Crippen molar-refractivity contribution >= 4 is 0 Å². The number of benzene rings is 2. The van der Waals surface area contributed by atoms with Gasteiger partial charge in [-0.3, -0.25) is 4.90 Å². The van der Waals surface area contributed by atoms with Gasteiger partial charge in [-0.2, -0.15) is 0 Å². The van der Waals surface area contributed by atoms with Crippen molar-refractivity contribution in [3.05, 3.63) is 70.8 Å². The summed E-state index contributed by atoms with van der Waals surface area (Å²) in [7, 11) is 0. The van der Waals surface area contributed by atoms with E-state index in [0.717, 1.165) is 56.8 Å². The molecule has 31 heavy (non-hydrogen) atoms. The molecule has 168 valence electrons. The van der Waals surface area contributed by atoms with Gasteiger partial charge in [0.25, 0.3) is 0 Å². The highest BCUT2D eigenvalue weighted by Crippen LogP contribution is 2.29. The smallest absolute Gasteiger partial charge is 0.0790 e. The molecule has 0 spiro atoms. The third-order valence-electron chi connectivity index (χ3n) is 7.35. The maximum atomic E-state index is 10.9. The van der Waals surface area contributed by atoms with Gasteiger partial charge in [-0.15, -0.1) is 0 Å². The molecule has 1 atom stereocenters. The molecule has 0 aliphatic carbocycles. The van der Waals surface area contributed by atoms with E-state index >= 15 is 0 Å². The number of likely N-dealkylation sites (tertiary alicyclic amines) is 1. The zero-order chi connectivity index (χ0) is 21.5. The molecule has 0 amide bonds. The Morgan fingerprint density at radius 3 is 2.39 bits per heavy atom. The van der Waals surface area contributed by atoms with E-state index in [0.29, 0.717) is 0 Å².